The summed E-state index contributed by atoms with van der Waals surface area (Å²) in [4.78, 5) is 23.0. The van der Waals surface area contributed by atoms with E-state index in [9.17, 15) is 9.59 Å². The molecule has 2 N–H and O–H groups in total. The molecule has 0 aliphatic rings. The van der Waals surface area contributed by atoms with E-state index in [4.69, 9.17) is 5.11 Å². The maximum Gasteiger partial charge on any atom is 0.328 e. The number of hydrogen-bond donors (Lipinski definition) is 2. The predicted octanol–water partition coefficient (Wildman–Crippen LogP) is 1.86. The van der Waals surface area contributed by atoms with Gasteiger partial charge in [0.25, 0.3) is 5.91 Å². The van der Waals surface area contributed by atoms with Gasteiger partial charge in [-0.3, -0.25) is 9.48 Å². The van der Waals surface area contributed by atoms with Crippen molar-refractivity contribution in [3.63, 3.8) is 0 Å². The minimum atomic E-state index is -1.01. The second-order valence-corrected chi connectivity index (χ2v) is 5.23. The fraction of sp³-hybridized carbons (Fsp3) is 0.214. The zero-order valence-electron chi connectivity index (χ0n) is 11.2. The third kappa shape index (κ3) is 4.88. The van der Waals surface area contributed by atoms with Gasteiger partial charge in [0, 0.05) is 41.8 Å². The Balaban J connectivity index is 1.76. The number of aromatic nitrogens is 2. The first-order valence-electron chi connectivity index (χ1n) is 6.40. The first-order chi connectivity index (χ1) is 10.1. The predicted molar refractivity (Wildman–Crippen MR) is 80.2 cm³/mol. The summed E-state index contributed by atoms with van der Waals surface area (Å²) in [5.74, 6) is -1.16. The van der Waals surface area contributed by atoms with Crippen LogP contribution in [0.5, 0.6) is 0 Å². The van der Waals surface area contributed by atoms with E-state index in [1.807, 2.05) is 16.9 Å². The molecule has 110 valence electrons. The number of nitrogens with zero attached hydrogens (tertiary/aromatic N) is 2. The molecule has 0 saturated heterocycles. The van der Waals surface area contributed by atoms with E-state index in [1.165, 1.54) is 17.4 Å². The molecule has 0 aromatic carbocycles. The molecule has 2 heterocycles. The molecule has 21 heavy (non-hydrogen) atoms. The van der Waals surface area contributed by atoms with Gasteiger partial charge in [0.2, 0.25) is 0 Å². The van der Waals surface area contributed by atoms with E-state index in [-0.39, 0.29) is 5.91 Å². The Hall–Kier alpha value is -2.41. The molecular formula is C14H15N3O3S. The van der Waals surface area contributed by atoms with E-state index >= 15 is 0 Å². The van der Waals surface area contributed by atoms with Crippen molar-refractivity contribution in [3.8, 4) is 0 Å². The van der Waals surface area contributed by atoms with Crippen molar-refractivity contribution >= 4 is 29.3 Å². The van der Waals surface area contributed by atoms with Crippen LogP contribution in [-0.2, 0) is 11.3 Å². The fourth-order valence-corrected chi connectivity index (χ4v) is 2.47. The summed E-state index contributed by atoms with van der Waals surface area (Å²) < 4.78 is 1.81. The highest BCUT2D eigenvalue weighted by molar-refractivity contribution is 7.11. The van der Waals surface area contributed by atoms with Gasteiger partial charge in [-0.1, -0.05) is 0 Å². The van der Waals surface area contributed by atoms with E-state index in [1.54, 1.807) is 17.6 Å². The number of nitrogens with one attached hydrogen (secondary N) is 1. The van der Waals surface area contributed by atoms with Crippen LogP contribution in [0.3, 0.4) is 0 Å². The largest absolute Gasteiger partial charge is 0.478 e. The fourth-order valence-electron chi connectivity index (χ4n) is 1.69. The zero-order chi connectivity index (χ0) is 15.1. The van der Waals surface area contributed by atoms with Crippen molar-refractivity contribution in [2.45, 2.75) is 13.0 Å². The van der Waals surface area contributed by atoms with Gasteiger partial charge in [-0.25, -0.2) is 4.79 Å². The molecular weight excluding hydrogens is 290 g/mol. The molecule has 6 nitrogen and oxygen atoms in total. The van der Waals surface area contributed by atoms with Gasteiger partial charge < -0.3 is 10.4 Å². The molecule has 2 rings (SSSR count). The average molecular weight is 305 g/mol. The van der Waals surface area contributed by atoms with Gasteiger partial charge in [0.1, 0.15) is 0 Å². The van der Waals surface area contributed by atoms with E-state index < -0.39 is 5.97 Å². The zero-order valence-corrected chi connectivity index (χ0v) is 12.0. The SMILES string of the molecule is O=C(O)/C=C/c1cc(C(=O)NCCCn2cccn2)cs1. The van der Waals surface area contributed by atoms with Gasteiger partial charge in [-0.15, -0.1) is 11.3 Å². The first-order valence-corrected chi connectivity index (χ1v) is 7.28. The highest BCUT2D eigenvalue weighted by Gasteiger charge is 2.07. The average Bonchev–Trinajstić information content (AvgIpc) is 3.12. The Morgan fingerprint density at radius 3 is 3.05 bits per heavy atom. The smallest absolute Gasteiger partial charge is 0.328 e. The van der Waals surface area contributed by atoms with Crippen molar-refractivity contribution in [2.24, 2.45) is 0 Å². The Bertz CT molecular complexity index is 632. The lowest BCUT2D eigenvalue weighted by Gasteiger charge is -2.04. The first kappa shape index (κ1) is 15.0. The molecule has 0 bridgehead atoms. The van der Waals surface area contributed by atoms with Gasteiger partial charge in [0.15, 0.2) is 0 Å². The number of carboxylic acids is 1. The minimum Gasteiger partial charge on any atom is -0.478 e. The highest BCUT2D eigenvalue weighted by Crippen LogP contribution is 2.16. The van der Waals surface area contributed by atoms with Crippen LogP contribution in [0.25, 0.3) is 6.08 Å². The third-order valence-corrected chi connectivity index (χ3v) is 3.58. The van der Waals surface area contributed by atoms with Crippen molar-refractivity contribution in [3.05, 3.63) is 46.4 Å². The molecule has 0 fully saturated rings. The molecule has 0 spiro atoms. The van der Waals surface area contributed by atoms with Crippen LogP contribution in [0.15, 0.2) is 36.0 Å². The lowest BCUT2D eigenvalue weighted by molar-refractivity contribution is -0.131. The van der Waals surface area contributed by atoms with Gasteiger partial charge >= 0.3 is 5.97 Å². The second-order valence-electron chi connectivity index (χ2n) is 4.29. The summed E-state index contributed by atoms with van der Waals surface area (Å²) in [6.45, 7) is 1.32. The molecule has 2 aromatic rings. The van der Waals surface area contributed by atoms with Crippen LogP contribution in [-0.4, -0.2) is 33.3 Å². The Kier molecular flexibility index (Phi) is 5.28. The Morgan fingerprint density at radius 1 is 1.48 bits per heavy atom. The van der Waals surface area contributed by atoms with Crippen LogP contribution < -0.4 is 5.32 Å². The maximum atomic E-state index is 11.9. The molecule has 1 amide bonds. The normalized spacial score (nSPS) is 10.9. The van der Waals surface area contributed by atoms with Crippen molar-refractivity contribution in [1.82, 2.24) is 15.1 Å². The molecule has 2 aromatic heterocycles. The number of thiophene rings is 1. The molecule has 0 aliphatic carbocycles. The quantitative estimate of drug-likeness (QED) is 0.604. The van der Waals surface area contributed by atoms with Crippen LogP contribution in [0.4, 0.5) is 0 Å². The summed E-state index contributed by atoms with van der Waals surface area (Å²) in [5, 5.41) is 17.2. The highest BCUT2D eigenvalue weighted by atomic mass is 32.1. The maximum absolute atomic E-state index is 11.9. The number of aryl methyl sites for hydroxylation is 1. The lowest BCUT2D eigenvalue weighted by atomic mass is 10.2. The van der Waals surface area contributed by atoms with E-state index in [0.29, 0.717) is 12.1 Å². The number of amides is 1. The number of carbonyl (C=O) groups excluding carboxylic acids is 1. The van der Waals surface area contributed by atoms with Crippen LogP contribution in [0.1, 0.15) is 21.7 Å². The summed E-state index contributed by atoms with van der Waals surface area (Å²) >= 11 is 1.33. The molecule has 7 heteroatoms. The molecule has 0 radical (unpaired) electrons. The van der Waals surface area contributed by atoms with E-state index in [2.05, 4.69) is 10.4 Å². The van der Waals surface area contributed by atoms with Crippen LogP contribution in [0.2, 0.25) is 0 Å². The number of carbonyl (C=O) groups is 2. The Morgan fingerprint density at radius 2 is 2.33 bits per heavy atom. The van der Waals surface area contributed by atoms with Crippen molar-refractivity contribution in [2.75, 3.05) is 6.54 Å². The summed E-state index contributed by atoms with van der Waals surface area (Å²) in [6.07, 6.45) is 6.92. The summed E-state index contributed by atoms with van der Waals surface area (Å²) in [5.41, 5.74) is 0.545. The summed E-state index contributed by atoms with van der Waals surface area (Å²) in [7, 11) is 0. The Labute approximate surface area is 125 Å². The number of carboxylic acid groups (broad SMARTS) is 1. The minimum absolute atomic E-state index is 0.151. The number of hydrogen-bond acceptors (Lipinski definition) is 4. The third-order valence-electron chi connectivity index (χ3n) is 2.68. The van der Waals surface area contributed by atoms with Gasteiger partial charge in [-0.2, -0.15) is 5.10 Å². The van der Waals surface area contributed by atoms with Gasteiger partial charge in [0.05, 0.1) is 5.56 Å². The lowest BCUT2D eigenvalue weighted by Crippen LogP contribution is -2.24. The van der Waals surface area contributed by atoms with Gasteiger partial charge in [-0.05, 0) is 24.6 Å². The molecule has 0 atom stereocenters. The molecule has 0 saturated carbocycles. The number of rotatable bonds is 7. The van der Waals surface area contributed by atoms with Crippen LogP contribution in [0, 0.1) is 0 Å². The molecule has 0 unspecified atom stereocenters. The topological polar surface area (TPSA) is 84.2 Å². The number of aliphatic carboxylic acids is 1. The second kappa shape index (κ2) is 7.39. The van der Waals surface area contributed by atoms with Crippen LogP contribution >= 0.6 is 11.3 Å². The summed E-state index contributed by atoms with van der Waals surface area (Å²) in [6, 6.07) is 3.53. The monoisotopic (exact) mass is 305 g/mol. The molecule has 0 aliphatic heterocycles. The van der Waals surface area contributed by atoms with E-state index in [0.717, 1.165) is 23.9 Å². The standard InChI is InChI=1S/C14H15N3O3S/c18-13(19)4-3-12-9-11(10-21-12)14(20)15-5-1-7-17-8-2-6-16-17/h2-4,6,8-10H,1,5,7H2,(H,15,20)(H,18,19)/b4-3+. The van der Waals surface area contributed by atoms with Crippen molar-refractivity contribution in [1.29, 1.82) is 0 Å². The van der Waals surface area contributed by atoms with Crippen molar-refractivity contribution < 1.29 is 14.7 Å².